The highest BCUT2D eigenvalue weighted by Gasteiger charge is 1.81. The zero-order valence-electron chi connectivity index (χ0n) is 3.53. The standard InChI is InChI=1S/C4H4FNO/c5-3-4(7)1-2-6/h6-7H,3H2. The van der Waals surface area contributed by atoms with Gasteiger partial charge in [-0.1, -0.05) is 0 Å². The molecule has 0 atom stereocenters. The second-order valence-corrected chi connectivity index (χ2v) is 0.830. The van der Waals surface area contributed by atoms with Crippen LogP contribution in [0.25, 0.3) is 0 Å². The maximum absolute atomic E-state index is 11.1. The van der Waals surface area contributed by atoms with E-state index in [1.165, 1.54) is 0 Å². The van der Waals surface area contributed by atoms with Crippen LogP contribution in [0.3, 0.4) is 0 Å². The highest BCUT2D eigenvalue weighted by Crippen LogP contribution is 1.80. The highest BCUT2D eigenvalue weighted by molar-refractivity contribution is 5.46. The zero-order valence-corrected chi connectivity index (χ0v) is 3.53. The molecule has 0 aromatic carbocycles. The predicted molar refractivity (Wildman–Crippen MR) is 23.4 cm³/mol. The molecule has 0 aliphatic carbocycles. The molecule has 3 heteroatoms. The van der Waals surface area contributed by atoms with Crippen LogP contribution >= 0.6 is 0 Å². The summed E-state index contributed by atoms with van der Waals surface area (Å²) in [7, 11) is 0. The molecule has 0 rings (SSSR count). The highest BCUT2D eigenvalue weighted by atomic mass is 19.1. The lowest BCUT2D eigenvalue weighted by Gasteiger charge is -1.76. The van der Waals surface area contributed by atoms with Crippen LogP contribution in [0.15, 0.2) is 11.5 Å². The molecule has 2 nitrogen and oxygen atoms in total. The summed E-state index contributed by atoms with van der Waals surface area (Å²) < 4.78 is 11.1. The second-order valence-electron chi connectivity index (χ2n) is 0.830. The second kappa shape index (κ2) is 3.16. The lowest BCUT2D eigenvalue weighted by atomic mass is 10.6. The first kappa shape index (κ1) is 5.96. The van der Waals surface area contributed by atoms with Crippen LogP contribution in [0.5, 0.6) is 0 Å². The number of aliphatic hydroxyl groups excluding tert-OH is 1. The van der Waals surface area contributed by atoms with Gasteiger partial charge in [0, 0.05) is 5.87 Å². The van der Waals surface area contributed by atoms with Gasteiger partial charge in [-0.25, -0.2) is 4.39 Å². The first-order valence-corrected chi connectivity index (χ1v) is 1.59. The van der Waals surface area contributed by atoms with Crippen molar-refractivity contribution >= 4 is 5.87 Å². The summed E-state index contributed by atoms with van der Waals surface area (Å²) in [5.74, 6) is 1.00. The third-order valence-electron chi connectivity index (χ3n) is 0.333. The van der Waals surface area contributed by atoms with E-state index in [4.69, 9.17) is 10.5 Å². The van der Waals surface area contributed by atoms with Gasteiger partial charge in [-0.15, -0.1) is 0 Å². The van der Waals surface area contributed by atoms with E-state index in [-0.39, 0.29) is 0 Å². The minimum atomic E-state index is -0.980. The van der Waals surface area contributed by atoms with E-state index in [2.05, 4.69) is 0 Å². The summed E-state index contributed by atoms with van der Waals surface area (Å²) >= 11 is 0. The van der Waals surface area contributed by atoms with E-state index in [1.807, 2.05) is 5.73 Å². The maximum Gasteiger partial charge on any atom is 0.176 e. The van der Waals surface area contributed by atoms with E-state index < -0.39 is 12.4 Å². The van der Waals surface area contributed by atoms with Gasteiger partial charge in [0.2, 0.25) is 0 Å². The van der Waals surface area contributed by atoms with Crippen molar-refractivity contribution in [1.29, 1.82) is 5.41 Å². The Balaban J connectivity index is 4.01. The van der Waals surface area contributed by atoms with Crippen LogP contribution in [-0.2, 0) is 0 Å². The van der Waals surface area contributed by atoms with Crippen LogP contribution in [0.4, 0.5) is 4.39 Å². The number of rotatable bonds is 1. The van der Waals surface area contributed by atoms with Crippen LogP contribution in [0.1, 0.15) is 0 Å². The third-order valence-corrected chi connectivity index (χ3v) is 0.333. The van der Waals surface area contributed by atoms with Gasteiger partial charge in [-0.2, -0.15) is 0 Å². The molecule has 0 bridgehead atoms. The number of halogens is 1. The van der Waals surface area contributed by atoms with Crippen LogP contribution in [-0.4, -0.2) is 17.7 Å². The Morgan fingerprint density at radius 2 is 2.43 bits per heavy atom. The van der Waals surface area contributed by atoms with Crippen molar-refractivity contribution in [3.8, 4) is 0 Å². The van der Waals surface area contributed by atoms with E-state index in [1.54, 1.807) is 5.87 Å². The monoisotopic (exact) mass is 101 g/mol. The number of allylic oxidation sites excluding steroid dienone is 1. The average molecular weight is 101 g/mol. The van der Waals surface area contributed by atoms with E-state index in [0.717, 1.165) is 0 Å². The SMILES string of the molecule is N=C=C=C(O)CF. The van der Waals surface area contributed by atoms with Crippen LogP contribution in [0.2, 0.25) is 0 Å². The molecule has 2 N–H and O–H groups in total. The largest absolute Gasteiger partial charge is 0.502 e. The van der Waals surface area contributed by atoms with E-state index in [0.29, 0.717) is 0 Å². The molecule has 0 aliphatic heterocycles. The van der Waals surface area contributed by atoms with Gasteiger partial charge in [0.25, 0.3) is 0 Å². The zero-order chi connectivity index (χ0) is 5.70. The van der Waals surface area contributed by atoms with Gasteiger partial charge in [-0.05, 0) is 5.73 Å². The average Bonchev–Trinajstić information content (AvgIpc) is 1.68. The number of alkyl halides is 1. The molecule has 7 heavy (non-hydrogen) atoms. The molecular formula is C4H4FNO. The summed E-state index contributed by atoms with van der Waals surface area (Å²) in [5.41, 5.74) is 1.81. The van der Waals surface area contributed by atoms with Gasteiger partial charge < -0.3 is 5.11 Å². The molecule has 0 saturated heterocycles. The van der Waals surface area contributed by atoms with Crippen molar-refractivity contribution in [1.82, 2.24) is 0 Å². The fraction of sp³-hybridized carbons (Fsp3) is 0.250. The molecule has 0 radical (unpaired) electrons. The molecule has 0 aromatic heterocycles. The van der Waals surface area contributed by atoms with Gasteiger partial charge in [0.15, 0.2) is 12.4 Å². The van der Waals surface area contributed by atoms with Crippen molar-refractivity contribution in [2.75, 3.05) is 6.67 Å². The normalized spacial score (nSPS) is 6.43. The Labute approximate surface area is 40.1 Å². The molecule has 0 spiro atoms. The fourth-order valence-corrected chi connectivity index (χ4v) is 0.106. The van der Waals surface area contributed by atoms with Gasteiger partial charge >= 0.3 is 0 Å². The van der Waals surface area contributed by atoms with Crippen molar-refractivity contribution in [3.63, 3.8) is 0 Å². The maximum atomic E-state index is 11.1. The Morgan fingerprint density at radius 3 is 2.57 bits per heavy atom. The molecule has 0 fully saturated rings. The number of nitrogens with one attached hydrogen (secondary N) is 1. The van der Waals surface area contributed by atoms with Crippen LogP contribution < -0.4 is 0 Å². The molecule has 0 aliphatic rings. The quantitative estimate of drug-likeness (QED) is 0.286. The Morgan fingerprint density at radius 1 is 1.86 bits per heavy atom. The minimum absolute atomic E-state index is 0.588. The fourth-order valence-electron chi connectivity index (χ4n) is 0.106. The van der Waals surface area contributed by atoms with Crippen molar-refractivity contribution < 1.29 is 9.50 Å². The minimum Gasteiger partial charge on any atom is -0.502 e. The molecule has 38 valence electrons. The topological polar surface area (TPSA) is 44.1 Å². The summed E-state index contributed by atoms with van der Waals surface area (Å²) in [5, 5.41) is 14.2. The molecule has 0 aromatic rings. The lowest BCUT2D eigenvalue weighted by Crippen LogP contribution is -1.76. The molecule has 0 heterocycles. The predicted octanol–water partition coefficient (Wildman–Crippen LogP) is 0.801. The molecular weight excluding hydrogens is 97.0 g/mol. The van der Waals surface area contributed by atoms with E-state index >= 15 is 0 Å². The Bertz CT molecular complexity index is 131. The number of hydrogen-bond acceptors (Lipinski definition) is 2. The molecule has 0 saturated carbocycles. The molecule has 0 amide bonds. The smallest absolute Gasteiger partial charge is 0.176 e. The van der Waals surface area contributed by atoms with E-state index in [9.17, 15) is 4.39 Å². The van der Waals surface area contributed by atoms with Gasteiger partial charge in [-0.3, -0.25) is 5.41 Å². The van der Waals surface area contributed by atoms with Crippen molar-refractivity contribution in [2.24, 2.45) is 0 Å². The number of aliphatic hydroxyl groups is 1. The van der Waals surface area contributed by atoms with Crippen molar-refractivity contribution in [3.05, 3.63) is 11.5 Å². The molecule has 0 unspecified atom stereocenters. The lowest BCUT2D eigenvalue weighted by molar-refractivity contribution is 0.346. The first-order valence-electron chi connectivity index (χ1n) is 1.59. The Kier molecular flexibility index (Phi) is 2.69. The summed E-state index contributed by atoms with van der Waals surface area (Å²) in [6, 6.07) is 0. The van der Waals surface area contributed by atoms with Crippen molar-refractivity contribution in [2.45, 2.75) is 0 Å². The van der Waals surface area contributed by atoms with Gasteiger partial charge in [0.1, 0.15) is 0 Å². The third kappa shape index (κ3) is 2.77. The summed E-state index contributed by atoms with van der Waals surface area (Å²) in [6.07, 6.45) is 0. The van der Waals surface area contributed by atoms with Crippen LogP contribution in [0, 0.1) is 5.41 Å². The summed E-state index contributed by atoms with van der Waals surface area (Å²) in [6.45, 7) is -0.980. The summed E-state index contributed by atoms with van der Waals surface area (Å²) in [4.78, 5) is 0. The first-order chi connectivity index (χ1) is 3.31. The van der Waals surface area contributed by atoms with Gasteiger partial charge in [0.05, 0.1) is 0 Å². The Hall–Kier alpha value is -1.04. The number of hydrogen-bond donors (Lipinski definition) is 2.